The summed E-state index contributed by atoms with van der Waals surface area (Å²) in [6.07, 6.45) is 0. The van der Waals surface area contributed by atoms with Crippen molar-refractivity contribution in [2.24, 2.45) is 0 Å². The zero-order chi connectivity index (χ0) is 33.5. The number of rotatable bonds is 4. The molecule has 0 fully saturated rings. The van der Waals surface area contributed by atoms with Gasteiger partial charge in [-0.1, -0.05) is 109 Å². The van der Waals surface area contributed by atoms with Crippen LogP contribution in [0.25, 0.3) is 104 Å². The zero-order valence-corrected chi connectivity index (χ0v) is 27.9. The minimum Gasteiger partial charge on any atom is -0.456 e. The Labute approximate surface area is 295 Å². The Morgan fingerprint density at radius 1 is 0.431 bits per heavy atom. The normalized spacial score (nSPS) is 11.9. The minimum atomic E-state index is 0.602. The minimum absolute atomic E-state index is 0.602. The fourth-order valence-electron chi connectivity index (χ4n) is 7.67. The number of hydrogen-bond donors (Lipinski definition) is 0. The number of aromatic nitrogens is 4. The van der Waals surface area contributed by atoms with Crippen molar-refractivity contribution in [3.63, 3.8) is 0 Å². The summed E-state index contributed by atoms with van der Waals surface area (Å²) in [4.78, 5) is 16.0. The van der Waals surface area contributed by atoms with Crippen LogP contribution in [0.1, 0.15) is 0 Å². The van der Waals surface area contributed by atoms with E-state index in [1.165, 1.54) is 20.9 Å². The molecule has 4 aromatic heterocycles. The lowest BCUT2D eigenvalue weighted by Gasteiger charge is -2.13. The van der Waals surface area contributed by atoms with E-state index in [1.807, 2.05) is 30.3 Å². The third-order valence-corrected chi connectivity index (χ3v) is 11.1. The van der Waals surface area contributed by atoms with Crippen LogP contribution < -0.4 is 0 Å². The van der Waals surface area contributed by atoms with Gasteiger partial charge in [0.1, 0.15) is 11.2 Å². The first kappa shape index (κ1) is 28.2. The quantitative estimate of drug-likeness (QED) is 0.187. The fraction of sp³-hybridized carbons (Fsp3) is 0. The molecule has 5 nitrogen and oxygen atoms in total. The van der Waals surface area contributed by atoms with Crippen LogP contribution in [0, 0.1) is 0 Å². The lowest BCUT2D eigenvalue weighted by atomic mass is 10.0. The Bertz CT molecular complexity index is 3150. The molecule has 4 heterocycles. The van der Waals surface area contributed by atoms with Crippen molar-refractivity contribution in [3.8, 4) is 39.9 Å². The van der Waals surface area contributed by atoms with Crippen LogP contribution in [0.3, 0.4) is 0 Å². The largest absolute Gasteiger partial charge is 0.456 e. The Balaban J connectivity index is 1.26. The van der Waals surface area contributed by atoms with E-state index in [2.05, 4.69) is 132 Å². The standard InChI is InChI=1S/C45H26N4OS/c1-2-13-27(14-3-1)49-36-23-7-4-15-28(36)30-18-10-21-34(41(30)49)44-46-43(33-20-12-25-38-40(33)32-17-5-8-24-37(32)50-38)47-45(48-44)35-22-11-19-31-29-16-6-9-26-39(29)51-42(31)35/h1-26H. The number of thiophene rings is 1. The predicted molar refractivity (Wildman–Crippen MR) is 211 cm³/mol. The molecule has 0 saturated heterocycles. The molecule has 238 valence electrons. The highest BCUT2D eigenvalue weighted by Gasteiger charge is 2.22. The van der Waals surface area contributed by atoms with E-state index in [1.54, 1.807) is 11.3 Å². The maximum absolute atomic E-state index is 6.32. The van der Waals surface area contributed by atoms with Gasteiger partial charge in [-0.25, -0.2) is 15.0 Å². The van der Waals surface area contributed by atoms with E-state index in [0.717, 1.165) is 65.4 Å². The van der Waals surface area contributed by atoms with Crippen molar-refractivity contribution >= 4 is 75.3 Å². The number of hydrogen-bond acceptors (Lipinski definition) is 5. The highest BCUT2D eigenvalue weighted by molar-refractivity contribution is 7.26. The third-order valence-electron chi connectivity index (χ3n) is 9.87. The molecule has 0 aliphatic rings. The van der Waals surface area contributed by atoms with Crippen molar-refractivity contribution in [3.05, 3.63) is 158 Å². The van der Waals surface area contributed by atoms with Crippen LogP contribution in [0.15, 0.2) is 162 Å². The van der Waals surface area contributed by atoms with Crippen LogP contribution in [-0.2, 0) is 0 Å². The summed E-state index contributed by atoms with van der Waals surface area (Å²) in [6.45, 7) is 0. The molecule has 7 aromatic carbocycles. The average Bonchev–Trinajstić information content (AvgIpc) is 3.88. The molecule has 0 atom stereocenters. The first-order valence-electron chi connectivity index (χ1n) is 17.0. The molecule has 0 amide bonds. The Kier molecular flexibility index (Phi) is 6.05. The second kappa shape index (κ2) is 10.9. The lowest BCUT2D eigenvalue weighted by molar-refractivity contribution is 0.669. The Hall–Kier alpha value is -6.63. The summed E-state index contributed by atoms with van der Waals surface area (Å²) in [6, 6.07) is 54.8. The highest BCUT2D eigenvalue weighted by Crippen LogP contribution is 2.42. The van der Waals surface area contributed by atoms with Gasteiger partial charge in [0.15, 0.2) is 17.5 Å². The predicted octanol–water partition coefficient (Wildman–Crippen LogP) is 12.2. The molecule has 0 aliphatic heterocycles. The van der Waals surface area contributed by atoms with Gasteiger partial charge in [0, 0.05) is 64.1 Å². The van der Waals surface area contributed by atoms with Gasteiger partial charge in [0.05, 0.1) is 11.0 Å². The smallest absolute Gasteiger partial charge is 0.166 e. The molecule has 51 heavy (non-hydrogen) atoms. The molecular formula is C45H26N4OS. The second-order valence-electron chi connectivity index (χ2n) is 12.8. The topological polar surface area (TPSA) is 56.7 Å². The van der Waals surface area contributed by atoms with Gasteiger partial charge in [0.2, 0.25) is 0 Å². The van der Waals surface area contributed by atoms with Crippen molar-refractivity contribution in [1.29, 1.82) is 0 Å². The van der Waals surface area contributed by atoms with E-state index in [-0.39, 0.29) is 0 Å². The van der Waals surface area contributed by atoms with E-state index >= 15 is 0 Å². The van der Waals surface area contributed by atoms with Crippen LogP contribution in [0.4, 0.5) is 0 Å². The van der Waals surface area contributed by atoms with Crippen LogP contribution in [0.5, 0.6) is 0 Å². The SMILES string of the molecule is c1ccc(-n2c3ccccc3c3cccc(-c4nc(-c5cccc6c5sc5ccccc56)nc(-c5cccc6oc7ccccc7c56)n4)c32)cc1. The second-order valence-corrected chi connectivity index (χ2v) is 13.8. The summed E-state index contributed by atoms with van der Waals surface area (Å²) in [5, 5.41) is 6.78. The van der Waals surface area contributed by atoms with Crippen LogP contribution in [-0.4, -0.2) is 19.5 Å². The van der Waals surface area contributed by atoms with Gasteiger partial charge in [-0.2, -0.15) is 0 Å². The number of benzene rings is 7. The zero-order valence-electron chi connectivity index (χ0n) is 27.1. The number of fused-ring (bicyclic) bond motifs is 9. The molecule has 11 rings (SSSR count). The van der Waals surface area contributed by atoms with Gasteiger partial charge in [0.25, 0.3) is 0 Å². The molecule has 0 aliphatic carbocycles. The molecule has 0 bridgehead atoms. The molecule has 0 N–H and O–H groups in total. The summed E-state index contributed by atoms with van der Waals surface area (Å²) in [5.41, 5.74) is 7.72. The van der Waals surface area contributed by atoms with Crippen molar-refractivity contribution in [2.75, 3.05) is 0 Å². The summed E-state index contributed by atoms with van der Waals surface area (Å²) in [7, 11) is 0. The molecular weight excluding hydrogens is 645 g/mol. The van der Waals surface area contributed by atoms with Crippen LogP contribution in [0.2, 0.25) is 0 Å². The van der Waals surface area contributed by atoms with Gasteiger partial charge >= 0.3 is 0 Å². The molecule has 6 heteroatoms. The third kappa shape index (κ3) is 4.24. The first-order valence-corrected chi connectivity index (χ1v) is 17.8. The molecule has 0 radical (unpaired) electrons. The van der Waals surface area contributed by atoms with E-state index < -0.39 is 0 Å². The fourth-order valence-corrected chi connectivity index (χ4v) is 8.88. The lowest BCUT2D eigenvalue weighted by Crippen LogP contribution is -2.02. The molecule has 0 spiro atoms. The summed E-state index contributed by atoms with van der Waals surface area (Å²) >= 11 is 1.78. The maximum atomic E-state index is 6.32. The van der Waals surface area contributed by atoms with Gasteiger partial charge in [-0.15, -0.1) is 11.3 Å². The van der Waals surface area contributed by atoms with Gasteiger partial charge in [-0.05, 0) is 48.5 Å². The number of furan rings is 1. The van der Waals surface area contributed by atoms with Crippen molar-refractivity contribution < 1.29 is 4.42 Å². The Morgan fingerprint density at radius 3 is 1.88 bits per heavy atom. The van der Waals surface area contributed by atoms with Gasteiger partial charge < -0.3 is 8.98 Å². The first-order chi connectivity index (χ1) is 25.3. The van der Waals surface area contributed by atoms with Crippen molar-refractivity contribution in [2.45, 2.75) is 0 Å². The average molecular weight is 671 g/mol. The Morgan fingerprint density at radius 2 is 1.02 bits per heavy atom. The van der Waals surface area contributed by atoms with E-state index in [4.69, 9.17) is 19.4 Å². The molecule has 0 saturated carbocycles. The molecule has 0 unspecified atom stereocenters. The number of nitrogens with zero attached hydrogens (tertiary/aromatic N) is 4. The van der Waals surface area contributed by atoms with Crippen LogP contribution >= 0.6 is 11.3 Å². The molecule has 11 aromatic rings. The monoisotopic (exact) mass is 670 g/mol. The summed E-state index contributed by atoms with van der Waals surface area (Å²) < 4.78 is 11.0. The summed E-state index contributed by atoms with van der Waals surface area (Å²) in [5.74, 6) is 1.85. The van der Waals surface area contributed by atoms with E-state index in [9.17, 15) is 0 Å². The maximum Gasteiger partial charge on any atom is 0.166 e. The highest BCUT2D eigenvalue weighted by atomic mass is 32.1. The van der Waals surface area contributed by atoms with E-state index in [0.29, 0.717) is 17.5 Å². The van der Waals surface area contributed by atoms with Crippen molar-refractivity contribution in [1.82, 2.24) is 19.5 Å². The number of para-hydroxylation sites is 4. The van der Waals surface area contributed by atoms with Gasteiger partial charge in [-0.3, -0.25) is 0 Å².